The van der Waals surface area contributed by atoms with E-state index in [1.165, 1.54) is 122 Å². The van der Waals surface area contributed by atoms with Crippen LogP contribution in [0.25, 0.3) is 0 Å². The second kappa shape index (κ2) is 19.7. The van der Waals surface area contributed by atoms with Gasteiger partial charge in [0.15, 0.2) is 0 Å². The summed E-state index contributed by atoms with van der Waals surface area (Å²) in [7, 11) is 0. The van der Waals surface area contributed by atoms with Gasteiger partial charge < -0.3 is 9.47 Å². The minimum atomic E-state index is -0.282. The highest BCUT2D eigenvalue weighted by molar-refractivity contribution is 5.87. The van der Waals surface area contributed by atoms with Crippen molar-refractivity contribution in [3.63, 3.8) is 0 Å². The van der Waals surface area contributed by atoms with Crippen molar-refractivity contribution in [1.29, 1.82) is 0 Å². The van der Waals surface area contributed by atoms with Crippen LogP contribution in [0.3, 0.4) is 0 Å². The third kappa shape index (κ3) is 10.7. The van der Waals surface area contributed by atoms with E-state index in [1.807, 2.05) is 0 Å². The van der Waals surface area contributed by atoms with Gasteiger partial charge in [0.05, 0.1) is 0 Å². The van der Waals surface area contributed by atoms with E-state index >= 15 is 0 Å². The topological polar surface area (TPSA) is 69.7 Å². The van der Waals surface area contributed by atoms with Gasteiger partial charge in [-0.1, -0.05) is 142 Å². The van der Waals surface area contributed by atoms with Gasteiger partial charge in [0, 0.05) is 37.5 Å². The van der Waals surface area contributed by atoms with Gasteiger partial charge in [-0.25, -0.2) is 0 Å². The second-order valence-electron chi connectivity index (χ2n) is 16.9. The van der Waals surface area contributed by atoms with Crippen molar-refractivity contribution in [3.05, 3.63) is 11.6 Å². The number of rotatable bonds is 22. The van der Waals surface area contributed by atoms with E-state index in [-0.39, 0.29) is 46.8 Å². The second-order valence-corrected chi connectivity index (χ2v) is 16.9. The first-order chi connectivity index (χ1) is 23.2. The number of hydrogen-bond acceptors (Lipinski definition) is 5. The predicted molar refractivity (Wildman–Crippen MR) is 196 cm³/mol. The molecule has 0 aromatic carbocycles. The summed E-state index contributed by atoms with van der Waals surface area (Å²) >= 11 is 0. The maximum Gasteiger partial charge on any atom is 0.306 e. The molecule has 0 spiro atoms. The molecule has 4 aliphatic rings. The summed E-state index contributed by atoms with van der Waals surface area (Å²) in [4.78, 5) is 38.1. The van der Waals surface area contributed by atoms with Crippen LogP contribution < -0.4 is 0 Å². The number of unbranched alkanes of at least 4 members (excludes halogenated alkanes) is 18. The predicted octanol–water partition coefficient (Wildman–Crippen LogP) is 11.8. The minimum Gasteiger partial charge on any atom is -0.462 e. The van der Waals surface area contributed by atoms with Gasteiger partial charge in [-0.05, 0) is 61.9 Å². The maximum absolute atomic E-state index is 13.3. The fraction of sp³-hybridized carbons (Fsp3) is 0.884. The van der Waals surface area contributed by atoms with Crippen molar-refractivity contribution >= 4 is 17.7 Å². The van der Waals surface area contributed by atoms with Crippen LogP contribution in [0.2, 0.25) is 0 Å². The van der Waals surface area contributed by atoms with Crippen LogP contribution in [0.4, 0.5) is 0 Å². The average molecular weight is 669 g/mol. The molecule has 0 aromatic heterocycles. The number of hydrogen-bond donors (Lipinski definition) is 0. The Labute approximate surface area is 294 Å². The van der Waals surface area contributed by atoms with E-state index in [2.05, 4.69) is 26.8 Å². The summed E-state index contributed by atoms with van der Waals surface area (Å²) in [5.74, 6) is 0.963. The van der Waals surface area contributed by atoms with Crippen LogP contribution in [0.15, 0.2) is 11.6 Å². The van der Waals surface area contributed by atoms with Crippen molar-refractivity contribution in [2.45, 2.75) is 213 Å². The Morgan fingerprint density at radius 2 is 1.19 bits per heavy atom. The molecule has 4 rings (SSSR count). The van der Waals surface area contributed by atoms with Gasteiger partial charge in [0.2, 0.25) is 0 Å². The van der Waals surface area contributed by atoms with E-state index in [0.29, 0.717) is 24.5 Å². The van der Waals surface area contributed by atoms with E-state index in [1.54, 1.807) is 0 Å². The molecule has 5 heteroatoms. The lowest BCUT2D eigenvalue weighted by atomic mass is 9.47. The van der Waals surface area contributed by atoms with Gasteiger partial charge in [-0.3, -0.25) is 14.4 Å². The Morgan fingerprint density at radius 3 is 1.73 bits per heavy atom. The quantitative estimate of drug-likeness (QED) is 0.0652. The summed E-state index contributed by atoms with van der Waals surface area (Å²) in [6, 6.07) is 0. The van der Waals surface area contributed by atoms with Gasteiger partial charge in [-0.2, -0.15) is 0 Å². The zero-order chi connectivity index (χ0) is 34.4. The first-order valence-electron chi connectivity index (χ1n) is 20.8. The molecule has 0 saturated heterocycles. The van der Waals surface area contributed by atoms with Crippen LogP contribution >= 0.6 is 0 Å². The SMILES string of the molecule is CCCCCCCCCCCCCCCCCCCCCC(=O)OC1C=C2C[C@@H](OC(C)=O)CC[C@]2(C)C2CC[C@]3(C)C(=O)CCC3C12. The van der Waals surface area contributed by atoms with E-state index in [9.17, 15) is 14.4 Å². The monoisotopic (exact) mass is 669 g/mol. The Bertz CT molecular complexity index is 1050. The fourth-order valence-electron chi connectivity index (χ4n) is 10.4. The van der Waals surface area contributed by atoms with Crippen LogP contribution in [0, 0.1) is 28.6 Å². The van der Waals surface area contributed by atoms with Crippen molar-refractivity contribution in [2.75, 3.05) is 0 Å². The van der Waals surface area contributed by atoms with E-state index < -0.39 is 0 Å². The molecule has 48 heavy (non-hydrogen) atoms. The molecule has 5 nitrogen and oxygen atoms in total. The number of ether oxygens (including phenoxy) is 2. The third-order valence-electron chi connectivity index (χ3n) is 13.4. The summed E-state index contributed by atoms with van der Waals surface area (Å²) in [5.41, 5.74) is 1.04. The summed E-state index contributed by atoms with van der Waals surface area (Å²) in [5, 5.41) is 0. The Balaban J connectivity index is 1.12. The molecule has 0 radical (unpaired) electrons. The third-order valence-corrected chi connectivity index (χ3v) is 13.4. The van der Waals surface area contributed by atoms with Crippen molar-refractivity contribution in [2.24, 2.45) is 28.6 Å². The standard InChI is InChI=1S/C43H72O5/c1-5-6-7-8-9-10-11-12-13-14-15-16-17-18-19-20-21-22-23-24-40(46)48-38-32-34-31-35(47-33(2)44)27-29-42(34,3)37-28-30-43(4)36(41(37)38)25-26-39(43)45/h32,35-38,41H,5-31H2,1-4H3/t35-,36?,37?,38?,41?,42-,43-/m0/s1. The number of Topliss-reactive ketones (excluding diaryl/α,β-unsaturated/α-hetero) is 1. The number of esters is 2. The lowest BCUT2D eigenvalue weighted by Crippen LogP contribution is -2.55. The van der Waals surface area contributed by atoms with Gasteiger partial charge in [-0.15, -0.1) is 0 Å². The number of ketones is 1. The van der Waals surface area contributed by atoms with Crippen molar-refractivity contribution in [1.82, 2.24) is 0 Å². The first kappa shape index (κ1) is 39.1. The summed E-state index contributed by atoms with van der Waals surface area (Å²) < 4.78 is 12.0. The molecule has 3 fully saturated rings. The molecule has 0 N–H and O–H groups in total. The molecule has 0 amide bonds. The Kier molecular flexibility index (Phi) is 16.0. The normalized spacial score (nSPS) is 31.0. The maximum atomic E-state index is 13.3. The van der Waals surface area contributed by atoms with Crippen molar-refractivity contribution in [3.8, 4) is 0 Å². The molecule has 274 valence electrons. The highest BCUT2D eigenvalue weighted by Crippen LogP contribution is 2.64. The van der Waals surface area contributed by atoms with Gasteiger partial charge in [0.1, 0.15) is 18.0 Å². The van der Waals surface area contributed by atoms with Crippen LogP contribution in [-0.4, -0.2) is 29.9 Å². The lowest BCUT2D eigenvalue weighted by molar-refractivity contribution is -0.161. The molecule has 0 aliphatic heterocycles. The lowest BCUT2D eigenvalue weighted by Gasteiger charge is -2.58. The van der Waals surface area contributed by atoms with Crippen LogP contribution in [0.5, 0.6) is 0 Å². The number of carbonyl (C=O) groups excluding carboxylic acids is 3. The fourth-order valence-corrected chi connectivity index (χ4v) is 10.4. The molecule has 3 saturated carbocycles. The summed E-state index contributed by atoms with van der Waals surface area (Å²) in [6.45, 7) is 8.34. The molecule has 4 aliphatic carbocycles. The first-order valence-corrected chi connectivity index (χ1v) is 20.8. The van der Waals surface area contributed by atoms with Gasteiger partial charge in [0.25, 0.3) is 0 Å². The molecular weight excluding hydrogens is 596 g/mol. The number of carbonyl (C=O) groups is 3. The Morgan fingerprint density at radius 1 is 0.688 bits per heavy atom. The van der Waals surface area contributed by atoms with E-state index in [0.717, 1.165) is 51.4 Å². The van der Waals surface area contributed by atoms with E-state index in [4.69, 9.17) is 9.47 Å². The number of fused-ring (bicyclic) bond motifs is 5. The smallest absolute Gasteiger partial charge is 0.306 e. The molecule has 4 unspecified atom stereocenters. The highest BCUT2D eigenvalue weighted by Gasteiger charge is 2.61. The molecule has 0 bridgehead atoms. The van der Waals surface area contributed by atoms with Crippen LogP contribution in [-0.2, 0) is 23.9 Å². The Hall–Kier alpha value is -1.65. The zero-order valence-corrected chi connectivity index (χ0v) is 31.6. The minimum absolute atomic E-state index is 0.0180. The highest BCUT2D eigenvalue weighted by atomic mass is 16.5. The zero-order valence-electron chi connectivity index (χ0n) is 31.6. The largest absolute Gasteiger partial charge is 0.462 e. The van der Waals surface area contributed by atoms with Gasteiger partial charge >= 0.3 is 11.9 Å². The molecule has 0 heterocycles. The summed E-state index contributed by atoms with van der Waals surface area (Å²) in [6.07, 6.45) is 33.9. The van der Waals surface area contributed by atoms with Crippen LogP contribution in [0.1, 0.15) is 201 Å². The molecule has 0 aromatic rings. The molecular formula is C43H72O5. The molecule has 7 atom stereocenters. The van der Waals surface area contributed by atoms with Crippen molar-refractivity contribution < 1.29 is 23.9 Å². The average Bonchev–Trinajstić information content (AvgIpc) is 3.36.